The van der Waals surface area contributed by atoms with Crippen LogP contribution in [0.5, 0.6) is 0 Å². The highest BCUT2D eigenvalue weighted by molar-refractivity contribution is 14.0. The molecule has 0 amide bonds. The van der Waals surface area contributed by atoms with E-state index in [1.807, 2.05) is 0 Å². The minimum atomic E-state index is 0. The van der Waals surface area contributed by atoms with Gasteiger partial charge in [-0.05, 0) is 26.3 Å². The monoisotopic (exact) mass is 453 g/mol. The number of likely N-dealkylation sites (N-methyl/N-ethyl adjacent to an activating group) is 1. The number of hydrogen-bond donors (Lipinski definition) is 2. The van der Waals surface area contributed by atoms with Gasteiger partial charge in [0.2, 0.25) is 0 Å². The van der Waals surface area contributed by atoms with Crippen LogP contribution in [0.15, 0.2) is 4.99 Å². The average molecular weight is 453 g/mol. The fourth-order valence-corrected chi connectivity index (χ4v) is 3.44. The summed E-state index contributed by atoms with van der Waals surface area (Å²) < 4.78 is 5.35. The van der Waals surface area contributed by atoms with Crippen LogP contribution in [-0.2, 0) is 4.74 Å². The van der Waals surface area contributed by atoms with Crippen molar-refractivity contribution in [1.82, 2.24) is 15.1 Å². The van der Waals surface area contributed by atoms with E-state index in [1.54, 1.807) is 0 Å². The number of hydrogen-bond acceptors (Lipinski definition) is 4. The third-order valence-electron chi connectivity index (χ3n) is 4.99. The molecule has 2 rings (SSSR count). The third-order valence-corrected chi connectivity index (χ3v) is 4.99. The molecule has 0 radical (unpaired) electrons. The van der Waals surface area contributed by atoms with E-state index in [4.69, 9.17) is 10.5 Å². The van der Waals surface area contributed by atoms with Crippen LogP contribution in [0.2, 0.25) is 0 Å². The third kappa shape index (κ3) is 8.82. The lowest BCUT2D eigenvalue weighted by molar-refractivity contribution is 0.0377. The molecular weight excluding hydrogens is 417 g/mol. The second kappa shape index (κ2) is 13.1. The first-order valence-electron chi connectivity index (χ1n) is 9.30. The molecule has 0 spiro atoms. The minimum Gasteiger partial charge on any atom is -0.379 e. The Bertz CT molecular complexity index is 344. The van der Waals surface area contributed by atoms with E-state index in [9.17, 15) is 0 Å². The van der Waals surface area contributed by atoms with Crippen LogP contribution < -0.4 is 11.1 Å². The molecule has 1 aliphatic carbocycles. The summed E-state index contributed by atoms with van der Waals surface area (Å²) in [7, 11) is 2.23. The molecule has 1 saturated heterocycles. The zero-order valence-corrected chi connectivity index (χ0v) is 17.5. The molecule has 1 heterocycles. The van der Waals surface area contributed by atoms with Crippen molar-refractivity contribution < 1.29 is 4.74 Å². The molecule has 1 aliphatic heterocycles. The number of nitrogens with two attached hydrogens (primary N) is 1. The zero-order valence-electron chi connectivity index (χ0n) is 15.2. The van der Waals surface area contributed by atoms with Crippen LogP contribution in [0.25, 0.3) is 0 Å². The molecule has 2 aliphatic rings. The second-order valence-electron chi connectivity index (χ2n) is 6.77. The first kappa shape index (κ1) is 21.9. The largest absolute Gasteiger partial charge is 0.379 e. The van der Waals surface area contributed by atoms with E-state index < -0.39 is 0 Å². The summed E-state index contributed by atoms with van der Waals surface area (Å²) in [5.41, 5.74) is 5.94. The maximum atomic E-state index is 5.94. The Kier molecular flexibility index (Phi) is 12.0. The van der Waals surface area contributed by atoms with Crippen LogP contribution in [0.3, 0.4) is 0 Å². The van der Waals surface area contributed by atoms with Crippen molar-refractivity contribution in [3.8, 4) is 0 Å². The smallest absolute Gasteiger partial charge is 0.188 e. The fourth-order valence-electron chi connectivity index (χ4n) is 3.44. The second-order valence-corrected chi connectivity index (χ2v) is 6.77. The summed E-state index contributed by atoms with van der Waals surface area (Å²) in [6.45, 7) is 7.62. The van der Waals surface area contributed by atoms with E-state index in [0.717, 1.165) is 64.9 Å². The van der Waals surface area contributed by atoms with Crippen LogP contribution >= 0.6 is 24.0 Å². The van der Waals surface area contributed by atoms with Crippen molar-refractivity contribution in [1.29, 1.82) is 0 Å². The molecule has 0 unspecified atom stereocenters. The van der Waals surface area contributed by atoms with Crippen molar-refractivity contribution in [2.45, 2.75) is 44.6 Å². The van der Waals surface area contributed by atoms with E-state index in [2.05, 4.69) is 27.2 Å². The highest BCUT2D eigenvalue weighted by Gasteiger charge is 2.17. The lowest BCUT2D eigenvalue weighted by Gasteiger charge is -2.31. The summed E-state index contributed by atoms with van der Waals surface area (Å²) in [6.07, 6.45) is 7.94. The summed E-state index contributed by atoms with van der Waals surface area (Å²) >= 11 is 0. The average Bonchev–Trinajstić information content (AvgIpc) is 2.60. The molecule has 0 bridgehead atoms. The summed E-state index contributed by atoms with van der Waals surface area (Å²) in [5.74, 6) is 0.587. The number of guanidine groups is 1. The molecule has 2 fully saturated rings. The number of rotatable bonds is 8. The maximum Gasteiger partial charge on any atom is 0.188 e. The number of aliphatic imine (C=N–C) groups is 1. The standard InChI is InChI=1S/C17H35N5O.HI/c1-21(16-6-3-2-4-7-16)11-9-20-17(18)19-8-5-10-22-12-14-23-15-13-22;/h16H,2-15H2,1H3,(H3,18,19,20);1H. The summed E-state index contributed by atoms with van der Waals surface area (Å²) in [6, 6.07) is 0.761. The van der Waals surface area contributed by atoms with Gasteiger partial charge in [0.1, 0.15) is 0 Å². The maximum absolute atomic E-state index is 5.94. The fraction of sp³-hybridized carbons (Fsp3) is 0.941. The molecule has 7 heteroatoms. The number of morpholine rings is 1. The molecule has 0 aromatic rings. The van der Waals surface area contributed by atoms with Crippen LogP contribution in [-0.4, -0.2) is 81.3 Å². The van der Waals surface area contributed by atoms with Gasteiger partial charge in [-0.25, -0.2) is 0 Å². The first-order chi connectivity index (χ1) is 11.3. The van der Waals surface area contributed by atoms with Crippen molar-refractivity contribution in [3.63, 3.8) is 0 Å². The normalized spacial score (nSPS) is 20.8. The zero-order chi connectivity index (χ0) is 16.3. The SMILES string of the molecule is CN(CCNC(N)=NCCCN1CCOCC1)C1CCCCC1.I. The Morgan fingerprint density at radius 1 is 1.25 bits per heavy atom. The Balaban J connectivity index is 0.00000288. The molecule has 1 saturated carbocycles. The molecule has 0 aromatic heterocycles. The van der Waals surface area contributed by atoms with E-state index >= 15 is 0 Å². The van der Waals surface area contributed by atoms with Gasteiger partial charge in [0.05, 0.1) is 13.2 Å². The Morgan fingerprint density at radius 3 is 2.67 bits per heavy atom. The van der Waals surface area contributed by atoms with Gasteiger partial charge in [0.25, 0.3) is 0 Å². The summed E-state index contributed by atoms with van der Waals surface area (Å²) in [4.78, 5) is 9.33. The highest BCUT2D eigenvalue weighted by atomic mass is 127. The lowest BCUT2D eigenvalue weighted by Crippen LogP contribution is -2.41. The highest BCUT2D eigenvalue weighted by Crippen LogP contribution is 2.21. The number of halogens is 1. The topological polar surface area (TPSA) is 66.1 Å². The number of nitrogens with one attached hydrogen (secondary N) is 1. The van der Waals surface area contributed by atoms with Gasteiger partial charge in [0, 0.05) is 45.3 Å². The number of nitrogens with zero attached hydrogens (tertiary/aromatic N) is 3. The predicted molar refractivity (Wildman–Crippen MR) is 111 cm³/mol. The van der Waals surface area contributed by atoms with Crippen molar-refractivity contribution in [2.24, 2.45) is 10.7 Å². The molecule has 0 atom stereocenters. The molecule has 142 valence electrons. The first-order valence-corrected chi connectivity index (χ1v) is 9.30. The van der Waals surface area contributed by atoms with Gasteiger partial charge in [-0.2, -0.15) is 0 Å². The van der Waals surface area contributed by atoms with E-state index in [1.165, 1.54) is 32.1 Å². The van der Waals surface area contributed by atoms with Crippen molar-refractivity contribution in [2.75, 3.05) is 59.5 Å². The molecule has 0 aromatic carbocycles. The van der Waals surface area contributed by atoms with E-state index in [0.29, 0.717) is 5.96 Å². The van der Waals surface area contributed by atoms with Gasteiger partial charge >= 0.3 is 0 Å². The summed E-state index contributed by atoms with van der Waals surface area (Å²) in [5, 5.41) is 3.24. The molecule has 6 nitrogen and oxygen atoms in total. The quantitative estimate of drug-likeness (QED) is 0.252. The van der Waals surface area contributed by atoms with Gasteiger partial charge in [-0.3, -0.25) is 9.89 Å². The van der Waals surface area contributed by atoms with Gasteiger partial charge < -0.3 is 20.7 Å². The number of ether oxygens (including phenoxy) is 1. The van der Waals surface area contributed by atoms with Crippen LogP contribution in [0.4, 0.5) is 0 Å². The Hall–Kier alpha value is -0.120. The van der Waals surface area contributed by atoms with E-state index in [-0.39, 0.29) is 24.0 Å². The van der Waals surface area contributed by atoms with Gasteiger partial charge in [-0.15, -0.1) is 24.0 Å². The van der Waals surface area contributed by atoms with Crippen molar-refractivity contribution >= 4 is 29.9 Å². The minimum absolute atomic E-state index is 0. The Labute approximate surface area is 164 Å². The van der Waals surface area contributed by atoms with Crippen LogP contribution in [0.1, 0.15) is 38.5 Å². The Morgan fingerprint density at radius 2 is 1.96 bits per heavy atom. The lowest BCUT2D eigenvalue weighted by atomic mass is 9.94. The van der Waals surface area contributed by atoms with Gasteiger partial charge in [-0.1, -0.05) is 19.3 Å². The van der Waals surface area contributed by atoms with Crippen LogP contribution in [0, 0.1) is 0 Å². The van der Waals surface area contributed by atoms with Crippen molar-refractivity contribution in [3.05, 3.63) is 0 Å². The molecular formula is C17H36IN5O. The van der Waals surface area contributed by atoms with Gasteiger partial charge in [0.15, 0.2) is 5.96 Å². The molecule has 3 N–H and O–H groups in total. The predicted octanol–water partition coefficient (Wildman–Crippen LogP) is 1.50. The molecule has 24 heavy (non-hydrogen) atoms.